The molecular weight excluding hydrogens is 280 g/mol. The Labute approximate surface area is 119 Å². The Morgan fingerprint density at radius 1 is 1.45 bits per heavy atom. The first kappa shape index (κ1) is 13.7. The summed E-state index contributed by atoms with van der Waals surface area (Å²) in [5, 5.41) is 18.7. The number of nitrogens with two attached hydrogens (primary N) is 2. The molecule has 7 heteroatoms. The van der Waals surface area contributed by atoms with E-state index in [9.17, 15) is 10.1 Å². The van der Waals surface area contributed by atoms with Gasteiger partial charge in [-0.3, -0.25) is 4.79 Å². The fourth-order valence-corrected chi connectivity index (χ4v) is 2.29. The van der Waals surface area contributed by atoms with Crippen molar-refractivity contribution in [1.29, 1.82) is 10.5 Å². The summed E-state index contributed by atoms with van der Waals surface area (Å²) < 4.78 is 5.31. The number of hydrogen-bond donors (Lipinski definition) is 2. The van der Waals surface area contributed by atoms with Gasteiger partial charge in [-0.25, -0.2) is 0 Å². The van der Waals surface area contributed by atoms with E-state index in [0.717, 1.165) is 0 Å². The smallest absolute Gasteiger partial charge is 0.235 e. The Bertz CT molecular complexity index is 699. The molecule has 0 saturated heterocycles. The standard InChI is InChI=1S/C13H9ClN4O2/c14-6-1-2-10-7(3-6)11(8(4-15)12(17)19)9(5-16)13(18)20-10/h1-3,8,11H,18H2,(H2,17,19). The van der Waals surface area contributed by atoms with Crippen LogP contribution in [0.2, 0.25) is 5.02 Å². The molecule has 0 saturated carbocycles. The molecule has 0 spiro atoms. The van der Waals surface area contributed by atoms with Crippen molar-refractivity contribution in [1.82, 2.24) is 0 Å². The average Bonchev–Trinajstić information content (AvgIpc) is 2.40. The lowest BCUT2D eigenvalue weighted by Gasteiger charge is -2.27. The molecule has 0 aromatic heterocycles. The molecule has 2 rings (SSSR count). The first-order valence-corrected chi connectivity index (χ1v) is 5.93. The quantitative estimate of drug-likeness (QED) is 0.843. The van der Waals surface area contributed by atoms with Gasteiger partial charge in [0.25, 0.3) is 0 Å². The van der Waals surface area contributed by atoms with Crippen molar-refractivity contribution >= 4 is 17.5 Å². The summed E-state index contributed by atoms with van der Waals surface area (Å²) in [4.78, 5) is 11.4. The number of nitriles is 2. The minimum Gasteiger partial charge on any atom is -0.440 e. The second-order valence-corrected chi connectivity index (χ2v) is 4.60. The van der Waals surface area contributed by atoms with Crippen molar-refractivity contribution in [3.8, 4) is 17.9 Å². The first-order valence-electron chi connectivity index (χ1n) is 5.55. The molecule has 1 aliphatic rings. The van der Waals surface area contributed by atoms with E-state index in [1.807, 2.05) is 6.07 Å². The van der Waals surface area contributed by atoms with Crippen molar-refractivity contribution < 1.29 is 9.53 Å². The van der Waals surface area contributed by atoms with Crippen LogP contribution in [0.1, 0.15) is 11.5 Å². The zero-order valence-corrected chi connectivity index (χ0v) is 10.9. The number of carbonyl (C=O) groups is 1. The highest BCUT2D eigenvalue weighted by Crippen LogP contribution is 2.43. The molecule has 20 heavy (non-hydrogen) atoms. The molecule has 1 amide bonds. The molecule has 0 aliphatic carbocycles. The molecule has 6 nitrogen and oxygen atoms in total. The maximum absolute atomic E-state index is 11.4. The zero-order chi connectivity index (χ0) is 14.9. The molecule has 0 bridgehead atoms. The van der Waals surface area contributed by atoms with Crippen LogP contribution in [-0.2, 0) is 4.79 Å². The molecule has 2 unspecified atom stereocenters. The minimum atomic E-state index is -1.23. The van der Waals surface area contributed by atoms with Gasteiger partial charge in [0.15, 0.2) is 0 Å². The van der Waals surface area contributed by atoms with E-state index in [1.165, 1.54) is 6.07 Å². The highest BCUT2D eigenvalue weighted by atomic mass is 35.5. The first-order chi connectivity index (χ1) is 9.49. The van der Waals surface area contributed by atoms with E-state index in [0.29, 0.717) is 16.3 Å². The lowest BCUT2D eigenvalue weighted by Crippen LogP contribution is -2.32. The molecule has 2 atom stereocenters. The number of benzene rings is 1. The van der Waals surface area contributed by atoms with Gasteiger partial charge < -0.3 is 16.2 Å². The number of allylic oxidation sites excluding steroid dienone is 1. The van der Waals surface area contributed by atoms with Gasteiger partial charge in [0.05, 0.1) is 17.6 Å². The number of hydrogen-bond acceptors (Lipinski definition) is 5. The molecule has 0 radical (unpaired) electrons. The monoisotopic (exact) mass is 288 g/mol. The summed E-state index contributed by atoms with van der Waals surface area (Å²) in [6.07, 6.45) is 0. The Balaban J connectivity index is 2.69. The summed E-state index contributed by atoms with van der Waals surface area (Å²) in [6.45, 7) is 0. The molecule has 1 heterocycles. The van der Waals surface area contributed by atoms with Crippen LogP contribution in [0, 0.1) is 28.6 Å². The van der Waals surface area contributed by atoms with Gasteiger partial charge in [-0.2, -0.15) is 10.5 Å². The van der Waals surface area contributed by atoms with Gasteiger partial charge in [-0.1, -0.05) is 11.6 Å². The van der Waals surface area contributed by atoms with Crippen LogP contribution >= 0.6 is 11.6 Å². The van der Waals surface area contributed by atoms with E-state index in [2.05, 4.69) is 0 Å². The number of fused-ring (bicyclic) bond motifs is 1. The van der Waals surface area contributed by atoms with Gasteiger partial charge in [0.2, 0.25) is 11.8 Å². The van der Waals surface area contributed by atoms with Crippen LogP contribution in [0.3, 0.4) is 0 Å². The lowest BCUT2D eigenvalue weighted by molar-refractivity contribution is -0.120. The number of ether oxygens (including phenoxy) is 1. The minimum absolute atomic E-state index is 0.00915. The number of primary amides is 1. The predicted octanol–water partition coefficient (Wildman–Crippen LogP) is 1.13. The number of halogens is 1. The normalized spacial score (nSPS) is 18.2. The van der Waals surface area contributed by atoms with Crippen LogP contribution in [0.5, 0.6) is 5.75 Å². The van der Waals surface area contributed by atoms with E-state index in [-0.39, 0.29) is 11.5 Å². The molecule has 1 aromatic rings. The van der Waals surface area contributed by atoms with Crippen molar-refractivity contribution in [3.63, 3.8) is 0 Å². The molecular formula is C13H9ClN4O2. The number of amides is 1. The van der Waals surface area contributed by atoms with E-state index >= 15 is 0 Å². The zero-order valence-electron chi connectivity index (χ0n) is 10.1. The highest BCUT2D eigenvalue weighted by molar-refractivity contribution is 6.30. The topological polar surface area (TPSA) is 126 Å². The van der Waals surface area contributed by atoms with E-state index in [1.54, 1.807) is 18.2 Å². The molecule has 1 aromatic carbocycles. The maximum atomic E-state index is 11.4. The number of carbonyl (C=O) groups excluding carboxylic acids is 1. The van der Waals surface area contributed by atoms with Crippen LogP contribution < -0.4 is 16.2 Å². The number of nitrogens with zero attached hydrogens (tertiary/aromatic N) is 2. The summed E-state index contributed by atoms with van der Waals surface area (Å²) in [5.41, 5.74) is 11.3. The fourth-order valence-electron chi connectivity index (χ4n) is 2.11. The summed E-state index contributed by atoms with van der Waals surface area (Å²) >= 11 is 5.91. The van der Waals surface area contributed by atoms with E-state index in [4.69, 9.17) is 33.1 Å². The summed E-state index contributed by atoms with van der Waals surface area (Å²) in [6, 6.07) is 8.32. The van der Waals surface area contributed by atoms with Gasteiger partial charge in [0, 0.05) is 10.6 Å². The van der Waals surface area contributed by atoms with Crippen molar-refractivity contribution in [2.24, 2.45) is 17.4 Å². The third-order valence-electron chi connectivity index (χ3n) is 3.00. The third kappa shape index (κ3) is 2.13. The fraction of sp³-hybridized carbons (Fsp3) is 0.154. The average molecular weight is 289 g/mol. The predicted molar refractivity (Wildman–Crippen MR) is 69.9 cm³/mol. The van der Waals surface area contributed by atoms with Gasteiger partial charge >= 0.3 is 0 Å². The largest absolute Gasteiger partial charge is 0.440 e. The van der Waals surface area contributed by atoms with Gasteiger partial charge in [0.1, 0.15) is 17.7 Å². The van der Waals surface area contributed by atoms with Crippen LogP contribution in [0.4, 0.5) is 0 Å². The summed E-state index contributed by atoms with van der Waals surface area (Å²) in [5.74, 6) is -2.76. The van der Waals surface area contributed by atoms with Crippen LogP contribution in [0.25, 0.3) is 0 Å². The second kappa shape index (κ2) is 5.12. The van der Waals surface area contributed by atoms with Crippen LogP contribution in [0.15, 0.2) is 29.7 Å². The Kier molecular flexibility index (Phi) is 3.51. The van der Waals surface area contributed by atoms with Gasteiger partial charge in [-0.05, 0) is 18.2 Å². The van der Waals surface area contributed by atoms with Crippen LogP contribution in [-0.4, -0.2) is 5.91 Å². The molecule has 0 fully saturated rings. The summed E-state index contributed by atoms with van der Waals surface area (Å²) in [7, 11) is 0. The van der Waals surface area contributed by atoms with E-state index < -0.39 is 17.7 Å². The van der Waals surface area contributed by atoms with Crippen molar-refractivity contribution in [2.75, 3.05) is 0 Å². The highest BCUT2D eigenvalue weighted by Gasteiger charge is 2.38. The second-order valence-electron chi connectivity index (χ2n) is 4.16. The Hall–Kier alpha value is -2.70. The SMILES string of the molecule is N#CC1=C(N)Oc2ccc(Cl)cc2C1C(C#N)C(N)=O. The molecule has 4 N–H and O–H groups in total. The lowest BCUT2D eigenvalue weighted by atomic mass is 9.79. The maximum Gasteiger partial charge on any atom is 0.235 e. The third-order valence-corrected chi connectivity index (χ3v) is 3.24. The van der Waals surface area contributed by atoms with Crippen molar-refractivity contribution in [3.05, 3.63) is 40.2 Å². The Morgan fingerprint density at radius 2 is 2.15 bits per heavy atom. The van der Waals surface area contributed by atoms with Crippen molar-refractivity contribution in [2.45, 2.75) is 5.92 Å². The van der Waals surface area contributed by atoms with Gasteiger partial charge in [-0.15, -0.1) is 0 Å². The Morgan fingerprint density at radius 3 is 2.70 bits per heavy atom. The molecule has 100 valence electrons. The molecule has 1 aliphatic heterocycles. The number of rotatable bonds is 2.